The Morgan fingerprint density at radius 3 is 2.33 bits per heavy atom. The SMILES string of the molecule is CC(CCc1ccc(C#N)cc1)C(=O)Nc1ccc(C#N)c(C(F)(F)F)c1. The van der Waals surface area contributed by atoms with Crippen molar-refractivity contribution in [1.82, 2.24) is 0 Å². The zero-order chi connectivity index (χ0) is 20.0. The zero-order valence-electron chi connectivity index (χ0n) is 14.5. The van der Waals surface area contributed by atoms with Crippen LogP contribution in [0.15, 0.2) is 42.5 Å². The van der Waals surface area contributed by atoms with Gasteiger partial charge in [-0.2, -0.15) is 23.7 Å². The number of benzene rings is 2. The molecule has 0 spiro atoms. The van der Waals surface area contributed by atoms with E-state index in [0.717, 1.165) is 17.7 Å². The minimum atomic E-state index is -4.67. The van der Waals surface area contributed by atoms with E-state index in [9.17, 15) is 18.0 Å². The summed E-state index contributed by atoms with van der Waals surface area (Å²) < 4.78 is 39.0. The Labute approximate surface area is 154 Å². The van der Waals surface area contributed by atoms with Gasteiger partial charge in [-0.3, -0.25) is 4.79 Å². The lowest BCUT2D eigenvalue weighted by atomic mass is 9.99. The van der Waals surface area contributed by atoms with Crippen LogP contribution in [-0.4, -0.2) is 5.91 Å². The van der Waals surface area contributed by atoms with Gasteiger partial charge in [-0.15, -0.1) is 0 Å². The summed E-state index contributed by atoms with van der Waals surface area (Å²) in [6, 6.07) is 13.6. The van der Waals surface area contributed by atoms with Crippen LogP contribution in [0.3, 0.4) is 0 Å². The Balaban J connectivity index is 2.01. The van der Waals surface area contributed by atoms with E-state index in [0.29, 0.717) is 18.4 Å². The zero-order valence-corrected chi connectivity index (χ0v) is 14.5. The van der Waals surface area contributed by atoms with Gasteiger partial charge in [0, 0.05) is 11.6 Å². The molecular formula is C20H16F3N3O. The highest BCUT2D eigenvalue weighted by Crippen LogP contribution is 2.33. The first-order valence-electron chi connectivity index (χ1n) is 8.16. The van der Waals surface area contributed by atoms with Crippen molar-refractivity contribution in [3.05, 3.63) is 64.7 Å². The fourth-order valence-electron chi connectivity index (χ4n) is 2.48. The van der Waals surface area contributed by atoms with E-state index in [-0.39, 0.29) is 5.69 Å². The average molecular weight is 371 g/mol. The van der Waals surface area contributed by atoms with Crippen LogP contribution in [0.4, 0.5) is 18.9 Å². The number of nitriles is 2. The first-order valence-corrected chi connectivity index (χ1v) is 8.16. The summed E-state index contributed by atoms with van der Waals surface area (Å²) in [5, 5.41) is 20.0. The van der Waals surface area contributed by atoms with E-state index < -0.39 is 29.1 Å². The monoisotopic (exact) mass is 371 g/mol. The predicted octanol–water partition coefficient (Wildman–Crippen LogP) is 4.66. The number of nitrogens with zero attached hydrogens (tertiary/aromatic N) is 2. The molecule has 4 nitrogen and oxygen atoms in total. The van der Waals surface area contributed by atoms with Crippen molar-refractivity contribution in [2.24, 2.45) is 5.92 Å². The van der Waals surface area contributed by atoms with Crippen LogP contribution in [0.1, 0.15) is 35.6 Å². The Kier molecular flexibility index (Phi) is 6.20. The summed E-state index contributed by atoms with van der Waals surface area (Å²) in [6.45, 7) is 1.69. The fourth-order valence-corrected chi connectivity index (χ4v) is 2.48. The van der Waals surface area contributed by atoms with Crippen molar-refractivity contribution in [1.29, 1.82) is 10.5 Å². The molecule has 1 unspecified atom stereocenters. The van der Waals surface area contributed by atoms with Crippen LogP contribution >= 0.6 is 0 Å². The lowest BCUT2D eigenvalue weighted by molar-refractivity contribution is -0.137. The molecule has 0 fully saturated rings. The molecule has 1 atom stereocenters. The lowest BCUT2D eigenvalue weighted by Gasteiger charge is -2.14. The maximum atomic E-state index is 13.0. The smallest absolute Gasteiger partial charge is 0.326 e. The number of rotatable bonds is 5. The summed E-state index contributed by atoms with van der Waals surface area (Å²) in [4.78, 5) is 12.2. The van der Waals surface area contributed by atoms with Gasteiger partial charge >= 0.3 is 6.18 Å². The second kappa shape index (κ2) is 8.37. The summed E-state index contributed by atoms with van der Waals surface area (Å²) in [5.74, 6) is -0.827. The van der Waals surface area contributed by atoms with Crippen LogP contribution in [0.2, 0.25) is 0 Å². The molecular weight excluding hydrogens is 355 g/mol. The van der Waals surface area contributed by atoms with Gasteiger partial charge in [0.05, 0.1) is 28.8 Å². The van der Waals surface area contributed by atoms with Gasteiger partial charge in [0.2, 0.25) is 5.91 Å². The second-order valence-corrected chi connectivity index (χ2v) is 6.11. The van der Waals surface area contributed by atoms with Crippen molar-refractivity contribution in [3.63, 3.8) is 0 Å². The molecule has 0 aromatic heterocycles. The number of halogens is 3. The van der Waals surface area contributed by atoms with Crippen molar-refractivity contribution < 1.29 is 18.0 Å². The third-order valence-electron chi connectivity index (χ3n) is 4.11. The van der Waals surface area contributed by atoms with Crippen LogP contribution in [0, 0.1) is 28.6 Å². The molecule has 0 heterocycles. The molecule has 1 amide bonds. The molecule has 1 N–H and O–H groups in total. The standard InChI is InChI=1S/C20H16F3N3O/c1-13(2-3-14-4-6-15(11-24)7-5-14)19(27)26-17-9-8-16(12-25)18(10-17)20(21,22)23/h4-10,13H,2-3H2,1H3,(H,26,27). The minimum Gasteiger partial charge on any atom is -0.326 e. The highest BCUT2D eigenvalue weighted by Gasteiger charge is 2.34. The van der Waals surface area contributed by atoms with E-state index >= 15 is 0 Å². The Morgan fingerprint density at radius 1 is 1.11 bits per heavy atom. The van der Waals surface area contributed by atoms with E-state index in [1.165, 1.54) is 12.1 Å². The molecule has 138 valence electrons. The number of hydrogen-bond donors (Lipinski definition) is 1. The third kappa shape index (κ3) is 5.32. The maximum absolute atomic E-state index is 13.0. The number of carbonyl (C=O) groups excluding carboxylic acids is 1. The van der Waals surface area contributed by atoms with Gasteiger partial charge in [-0.1, -0.05) is 19.1 Å². The van der Waals surface area contributed by atoms with Crippen molar-refractivity contribution in [2.45, 2.75) is 25.9 Å². The normalized spacial score (nSPS) is 11.9. The average Bonchev–Trinajstić information content (AvgIpc) is 2.65. The second-order valence-electron chi connectivity index (χ2n) is 6.11. The molecule has 0 aliphatic heterocycles. The van der Waals surface area contributed by atoms with Crippen molar-refractivity contribution in [2.75, 3.05) is 5.32 Å². The number of anilines is 1. The fraction of sp³-hybridized carbons (Fsp3) is 0.250. The van der Waals surface area contributed by atoms with Crippen LogP contribution in [-0.2, 0) is 17.4 Å². The van der Waals surface area contributed by atoms with Gasteiger partial charge in [-0.05, 0) is 48.7 Å². The molecule has 2 rings (SSSR count). The summed E-state index contributed by atoms with van der Waals surface area (Å²) in [7, 11) is 0. The molecule has 2 aromatic rings. The van der Waals surface area contributed by atoms with Gasteiger partial charge in [0.15, 0.2) is 0 Å². The third-order valence-corrected chi connectivity index (χ3v) is 4.11. The summed E-state index contributed by atoms with van der Waals surface area (Å²) in [5.41, 5.74) is -0.0591. The first-order chi connectivity index (χ1) is 12.7. The van der Waals surface area contributed by atoms with Crippen LogP contribution in [0.25, 0.3) is 0 Å². The topological polar surface area (TPSA) is 76.7 Å². The van der Waals surface area contributed by atoms with Gasteiger partial charge < -0.3 is 5.32 Å². The van der Waals surface area contributed by atoms with Crippen molar-refractivity contribution in [3.8, 4) is 12.1 Å². The molecule has 27 heavy (non-hydrogen) atoms. The van der Waals surface area contributed by atoms with E-state index in [1.54, 1.807) is 31.2 Å². The molecule has 0 saturated carbocycles. The van der Waals surface area contributed by atoms with Crippen LogP contribution < -0.4 is 5.32 Å². The first kappa shape index (κ1) is 20.0. The lowest BCUT2D eigenvalue weighted by Crippen LogP contribution is -2.21. The van der Waals surface area contributed by atoms with Crippen molar-refractivity contribution >= 4 is 11.6 Å². The maximum Gasteiger partial charge on any atom is 0.417 e. The van der Waals surface area contributed by atoms with Gasteiger partial charge in [0.25, 0.3) is 0 Å². The quantitative estimate of drug-likeness (QED) is 0.831. The Morgan fingerprint density at radius 2 is 1.78 bits per heavy atom. The van der Waals surface area contributed by atoms with E-state index in [1.807, 2.05) is 6.07 Å². The Bertz CT molecular complexity index is 906. The summed E-state index contributed by atoms with van der Waals surface area (Å²) in [6.07, 6.45) is -3.57. The van der Waals surface area contributed by atoms with E-state index in [2.05, 4.69) is 5.32 Å². The predicted molar refractivity (Wildman–Crippen MR) is 93.4 cm³/mol. The molecule has 2 aromatic carbocycles. The number of carbonyl (C=O) groups is 1. The number of nitrogens with one attached hydrogen (secondary N) is 1. The molecule has 0 radical (unpaired) electrons. The van der Waals surface area contributed by atoms with E-state index in [4.69, 9.17) is 10.5 Å². The summed E-state index contributed by atoms with van der Waals surface area (Å²) >= 11 is 0. The largest absolute Gasteiger partial charge is 0.417 e. The minimum absolute atomic E-state index is 0.00320. The van der Waals surface area contributed by atoms with Gasteiger partial charge in [-0.25, -0.2) is 0 Å². The number of alkyl halides is 3. The highest BCUT2D eigenvalue weighted by molar-refractivity contribution is 5.92. The molecule has 7 heteroatoms. The molecule has 0 aliphatic rings. The number of hydrogen-bond acceptors (Lipinski definition) is 3. The number of amides is 1. The molecule has 0 aliphatic carbocycles. The Hall–Kier alpha value is -3.32. The molecule has 0 saturated heterocycles. The van der Waals surface area contributed by atoms with Crippen LogP contribution in [0.5, 0.6) is 0 Å². The highest BCUT2D eigenvalue weighted by atomic mass is 19.4. The number of aryl methyl sites for hydroxylation is 1. The molecule has 0 bridgehead atoms. The van der Waals surface area contributed by atoms with Gasteiger partial charge in [0.1, 0.15) is 0 Å².